The molecule has 0 aromatic carbocycles. The normalized spacial score (nSPS) is 12.8. The molecular weight excluding hydrogens is 286 g/mol. The molecule has 1 unspecified atom stereocenters. The number of fused-ring (bicyclic) bond motifs is 1. The quantitative estimate of drug-likeness (QED) is 0.775. The van der Waals surface area contributed by atoms with Gasteiger partial charge in [0, 0.05) is 22.2 Å². The number of thiophene rings is 2. The van der Waals surface area contributed by atoms with Crippen LogP contribution in [-0.4, -0.2) is 16.0 Å². The summed E-state index contributed by atoms with van der Waals surface area (Å²) in [5, 5.41) is 5.66. The molecule has 0 aliphatic heterocycles. The molecule has 5 heteroatoms. The number of aromatic nitrogens is 2. The average Bonchev–Trinajstić information content (AvgIpc) is 2.98. The van der Waals surface area contributed by atoms with Crippen molar-refractivity contribution in [1.29, 1.82) is 0 Å². The monoisotopic (exact) mass is 303 g/mol. The zero-order valence-electron chi connectivity index (χ0n) is 11.8. The van der Waals surface area contributed by atoms with Crippen molar-refractivity contribution in [3.05, 3.63) is 39.2 Å². The van der Waals surface area contributed by atoms with Crippen LogP contribution in [0.2, 0.25) is 0 Å². The Bertz CT molecular complexity index is 730. The number of nitrogens with zero attached hydrogens (tertiary/aromatic N) is 2. The van der Waals surface area contributed by atoms with E-state index in [1.165, 1.54) is 15.3 Å². The predicted octanol–water partition coefficient (Wildman–Crippen LogP) is 4.41. The van der Waals surface area contributed by atoms with Gasteiger partial charge in [-0.2, -0.15) is 0 Å². The van der Waals surface area contributed by atoms with E-state index in [-0.39, 0.29) is 0 Å². The number of aryl methyl sites for hydroxylation is 2. The van der Waals surface area contributed by atoms with E-state index in [1.807, 2.05) is 11.3 Å². The molecule has 3 nitrogen and oxygen atoms in total. The average molecular weight is 303 g/mol. The van der Waals surface area contributed by atoms with E-state index in [9.17, 15) is 0 Å². The molecule has 1 N–H and O–H groups in total. The Morgan fingerprint density at radius 2 is 2.10 bits per heavy atom. The molecule has 3 aromatic rings. The smallest absolute Gasteiger partial charge is 0.147 e. The molecule has 0 aliphatic rings. The zero-order valence-corrected chi connectivity index (χ0v) is 13.4. The summed E-state index contributed by atoms with van der Waals surface area (Å²) in [6.45, 7) is 6.44. The molecular formula is C15H17N3S2. The van der Waals surface area contributed by atoms with Crippen LogP contribution in [0.1, 0.15) is 22.2 Å². The summed E-state index contributed by atoms with van der Waals surface area (Å²) in [5.41, 5.74) is 2.28. The molecule has 3 aromatic heterocycles. The van der Waals surface area contributed by atoms with E-state index in [4.69, 9.17) is 0 Å². The number of rotatable bonds is 4. The lowest BCUT2D eigenvalue weighted by molar-refractivity contribution is 0.796. The summed E-state index contributed by atoms with van der Waals surface area (Å²) in [5.74, 6) is 0.953. The highest BCUT2D eigenvalue weighted by Gasteiger charge is 2.11. The molecule has 0 bridgehead atoms. The van der Waals surface area contributed by atoms with Gasteiger partial charge >= 0.3 is 0 Å². The van der Waals surface area contributed by atoms with Crippen molar-refractivity contribution in [2.24, 2.45) is 0 Å². The molecule has 20 heavy (non-hydrogen) atoms. The number of nitrogens with one attached hydrogen (secondary N) is 1. The first kappa shape index (κ1) is 13.5. The third-order valence-electron chi connectivity index (χ3n) is 3.22. The van der Waals surface area contributed by atoms with E-state index in [0.717, 1.165) is 22.5 Å². The van der Waals surface area contributed by atoms with Crippen LogP contribution < -0.4 is 5.32 Å². The SMILES string of the molecule is Cc1ccc(CC(C)Nc2ncnc3c(C)csc23)s1. The van der Waals surface area contributed by atoms with Gasteiger partial charge in [0.15, 0.2) is 0 Å². The Balaban J connectivity index is 1.78. The van der Waals surface area contributed by atoms with Crippen molar-refractivity contribution < 1.29 is 0 Å². The number of hydrogen-bond donors (Lipinski definition) is 1. The fourth-order valence-electron chi connectivity index (χ4n) is 2.25. The summed E-state index contributed by atoms with van der Waals surface area (Å²) in [6.07, 6.45) is 2.67. The fourth-order valence-corrected chi connectivity index (χ4v) is 4.23. The first-order valence-electron chi connectivity index (χ1n) is 6.64. The lowest BCUT2D eigenvalue weighted by Crippen LogP contribution is -2.18. The summed E-state index contributed by atoms with van der Waals surface area (Å²) in [6, 6.07) is 4.75. The lowest BCUT2D eigenvalue weighted by Gasteiger charge is -2.13. The van der Waals surface area contributed by atoms with Gasteiger partial charge < -0.3 is 5.32 Å². The van der Waals surface area contributed by atoms with Gasteiger partial charge in [0.2, 0.25) is 0 Å². The van der Waals surface area contributed by atoms with Crippen molar-refractivity contribution in [1.82, 2.24) is 9.97 Å². The Morgan fingerprint density at radius 1 is 1.25 bits per heavy atom. The highest BCUT2D eigenvalue weighted by molar-refractivity contribution is 7.18. The van der Waals surface area contributed by atoms with Crippen molar-refractivity contribution in [2.75, 3.05) is 5.32 Å². The Morgan fingerprint density at radius 3 is 2.85 bits per heavy atom. The highest BCUT2D eigenvalue weighted by atomic mass is 32.1. The lowest BCUT2D eigenvalue weighted by atomic mass is 10.2. The minimum Gasteiger partial charge on any atom is -0.366 e. The maximum atomic E-state index is 4.40. The Hall–Kier alpha value is -1.46. The molecule has 1 atom stereocenters. The molecule has 104 valence electrons. The van der Waals surface area contributed by atoms with Crippen LogP contribution in [0.4, 0.5) is 5.82 Å². The summed E-state index contributed by atoms with van der Waals surface area (Å²) >= 11 is 3.57. The largest absolute Gasteiger partial charge is 0.366 e. The second-order valence-electron chi connectivity index (χ2n) is 5.08. The molecule has 3 rings (SSSR count). The molecule has 0 saturated heterocycles. The zero-order chi connectivity index (χ0) is 14.1. The summed E-state index contributed by atoms with van der Waals surface area (Å²) in [7, 11) is 0. The van der Waals surface area contributed by atoms with Crippen molar-refractivity contribution in [3.63, 3.8) is 0 Å². The molecule has 0 aliphatic carbocycles. The van der Waals surface area contributed by atoms with Gasteiger partial charge in [0.1, 0.15) is 12.1 Å². The Labute approximate surface area is 126 Å². The molecule has 0 radical (unpaired) electrons. The van der Waals surface area contributed by atoms with Crippen LogP contribution in [0, 0.1) is 13.8 Å². The molecule has 3 heterocycles. The van der Waals surface area contributed by atoms with E-state index in [2.05, 4.69) is 53.6 Å². The molecule has 0 fully saturated rings. The highest BCUT2D eigenvalue weighted by Crippen LogP contribution is 2.29. The van der Waals surface area contributed by atoms with Crippen molar-refractivity contribution in [2.45, 2.75) is 33.2 Å². The fraction of sp³-hybridized carbons (Fsp3) is 0.333. The maximum absolute atomic E-state index is 4.40. The summed E-state index contributed by atoms with van der Waals surface area (Å²) < 4.78 is 1.15. The van der Waals surface area contributed by atoms with E-state index >= 15 is 0 Å². The van der Waals surface area contributed by atoms with Crippen LogP contribution >= 0.6 is 22.7 Å². The molecule has 0 saturated carbocycles. The second-order valence-corrected chi connectivity index (χ2v) is 7.33. The van der Waals surface area contributed by atoms with E-state index in [1.54, 1.807) is 17.7 Å². The minimum atomic E-state index is 0.355. The second kappa shape index (κ2) is 5.50. The number of hydrogen-bond acceptors (Lipinski definition) is 5. The van der Waals surface area contributed by atoms with Gasteiger partial charge in [0.05, 0.1) is 10.2 Å². The predicted molar refractivity (Wildman–Crippen MR) is 88.0 cm³/mol. The maximum Gasteiger partial charge on any atom is 0.147 e. The third kappa shape index (κ3) is 2.69. The van der Waals surface area contributed by atoms with Gasteiger partial charge in [-0.1, -0.05) is 0 Å². The van der Waals surface area contributed by atoms with Crippen molar-refractivity contribution >= 4 is 38.7 Å². The van der Waals surface area contributed by atoms with E-state index < -0.39 is 0 Å². The Kier molecular flexibility index (Phi) is 3.72. The standard InChI is InChI=1S/C15H17N3S2/c1-9-7-19-14-13(9)16-8-17-15(14)18-10(2)6-12-5-4-11(3)20-12/h4-5,7-8,10H,6H2,1-3H3,(H,16,17,18). The van der Waals surface area contributed by atoms with Crippen LogP contribution in [0.15, 0.2) is 23.8 Å². The van der Waals surface area contributed by atoms with Gasteiger partial charge in [-0.3, -0.25) is 0 Å². The summed E-state index contributed by atoms with van der Waals surface area (Å²) in [4.78, 5) is 11.5. The third-order valence-corrected chi connectivity index (χ3v) is 5.33. The van der Waals surface area contributed by atoms with Crippen LogP contribution in [0.5, 0.6) is 0 Å². The van der Waals surface area contributed by atoms with Crippen LogP contribution in [0.3, 0.4) is 0 Å². The van der Waals surface area contributed by atoms with Gasteiger partial charge in [0.25, 0.3) is 0 Å². The first-order chi connectivity index (χ1) is 9.63. The minimum absolute atomic E-state index is 0.355. The number of anilines is 1. The molecule has 0 spiro atoms. The molecule has 0 amide bonds. The first-order valence-corrected chi connectivity index (χ1v) is 8.34. The van der Waals surface area contributed by atoms with Gasteiger partial charge in [-0.05, 0) is 43.8 Å². The van der Waals surface area contributed by atoms with Crippen molar-refractivity contribution in [3.8, 4) is 0 Å². The van der Waals surface area contributed by atoms with Gasteiger partial charge in [-0.15, -0.1) is 22.7 Å². The van der Waals surface area contributed by atoms with E-state index in [0.29, 0.717) is 6.04 Å². The topological polar surface area (TPSA) is 37.8 Å². The van der Waals surface area contributed by atoms with Gasteiger partial charge in [-0.25, -0.2) is 9.97 Å². The van der Waals surface area contributed by atoms with Crippen LogP contribution in [0.25, 0.3) is 10.2 Å². The van der Waals surface area contributed by atoms with Crippen LogP contribution in [-0.2, 0) is 6.42 Å².